The maximum Gasteiger partial charge on any atom is 0.296 e. The van der Waals surface area contributed by atoms with Crippen LogP contribution >= 0.6 is 0 Å². The van der Waals surface area contributed by atoms with Crippen molar-refractivity contribution in [3.63, 3.8) is 0 Å². The summed E-state index contributed by atoms with van der Waals surface area (Å²) in [6.45, 7) is -7.12. The molecule has 21 fully saturated rings. The van der Waals surface area contributed by atoms with Gasteiger partial charge >= 0.3 is 0 Å². The van der Waals surface area contributed by atoms with Crippen LogP contribution in [0, 0.1) is 0 Å². The number of carbonyl (C=O) groups excluding carboxylic acids is 1. The van der Waals surface area contributed by atoms with Gasteiger partial charge in [0.1, 0.15) is 171 Å². The molecule has 22 rings (SSSR count). The lowest BCUT2D eigenvalue weighted by Crippen LogP contribution is -2.68. The van der Waals surface area contributed by atoms with E-state index in [0.29, 0.717) is 0 Å². The van der Waals surface area contributed by atoms with Crippen molar-refractivity contribution >= 4 is 5.91 Å². The van der Waals surface area contributed by atoms with E-state index >= 15 is 0 Å². The highest BCUT2D eigenvalue weighted by molar-refractivity contribution is 5.90. The molecule has 21 saturated heterocycles. The monoisotopic (exact) mass is 1240 g/mol. The van der Waals surface area contributed by atoms with Crippen molar-refractivity contribution in [3.8, 4) is 0 Å². The van der Waals surface area contributed by atoms with Crippen LogP contribution in [0.4, 0.5) is 0 Å². The first-order valence-corrected chi connectivity index (χ1v) is 26.7. The number of aliphatic hydroxyl groups excluding tert-OH is 20. The Bertz CT molecular complexity index is 2270. The van der Waals surface area contributed by atoms with Gasteiger partial charge < -0.3 is 168 Å². The van der Waals surface area contributed by atoms with Crippen molar-refractivity contribution in [2.75, 3.05) is 39.6 Å². The van der Waals surface area contributed by atoms with Crippen molar-refractivity contribution in [2.45, 2.75) is 221 Å². The van der Waals surface area contributed by atoms with Crippen LogP contribution < -0.4 is 5.48 Å². The number of rotatable bonds is 9. The maximum atomic E-state index is 12.2. The number of hydroxylamine groups is 1. The number of amides is 1. The Kier molecular flexibility index (Phi) is 22.1. The minimum absolute atomic E-state index is 0.478. The maximum absolute atomic E-state index is 12.2. The fourth-order valence-electron chi connectivity index (χ4n) is 11.1. The normalized spacial score (nSPS) is 51.2. The molecular weight excluding hydrogens is 1170 g/mol. The Morgan fingerprint density at radius 2 is 0.541 bits per heavy atom. The second-order valence-electron chi connectivity index (χ2n) is 21.2. The minimum atomic E-state index is -2.29. The predicted octanol–water partition coefficient (Wildman–Crippen LogP) is -15.8. The number of nitrogens with one attached hydrogen (secondary N) is 1. The van der Waals surface area contributed by atoms with Crippen LogP contribution in [-0.2, 0) is 72.9 Å². The molecule has 488 valence electrons. The molecule has 1 aromatic rings. The SMILES string of the molecule is O=C(NO)c1cn(C[C@H]2O[C@@H]3O[C@H]4[C@H](O)[C@@H](O)[C@@H](O[C@H]5[C@H](O)[C@@H](O)[C@@H](O[C@H]6[C@H](O)[C@@H](O)[C@@H](O[C@H]7[C@H](O)[C@@H](O)[C@@H](O[C@H]8[C@H](O)[C@@H](O)[C@@H](O[C@H]9[C@H](O)[C@@H](O)[C@@H](O[C@H]2[C@H](O)[C@H]3O)O[C@@H]9CO)O[C@@H]8CO)O[C@@H]7CO)O[C@@H]6CO)O[C@@H]5CO)O[C@@H]4CO)nn1. The molecule has 40 heteroatoms. The smallest absolute Gasteiger partial charge is 0.296 e. The molecule has 21 aliphatic rings. The van der Waals surface area contributed by atoms with E-state index in [9.17, 15) is 107 Å². The molecule has 0 aliphatic carbocycles. The number of aromatic nitrogens is 3. The molecule has 0 saturated carbocycles. The fraction of sp³-hybridized carbons (Fsp3) is 0.933. The van der Waals surface area contributed by atoms with Gasteiger partial charge in [-0.05, 0) is 0 Å². The standard InChI is InChI=1S/C45H72N4O36/c50-3-11-32-19(58)26(65)41(74-11)82-34-13(5-52)76-43(28(67)21(34)60)84-36-15(7-54)78-45(30(69)23(36)62)85-37-16(8-55)77-44(29(68)22(37)61)83-35-14(6-53)75-42(27(66)20(35)59)81-33-12(4-51)73-40(25(64)18(33)57)79-31-10(72-39(80-32)24(63)17(31)56)2-49-1-9(46-48-49)38(70)47-71/h1,10-37,39-45,50-69,71H,2-8H2,(H,47,70)/t10-,11-,12-,13-,14-,15-,16-,17-,18-,19-,20-,21-,22-,23-,24-,25-,26-,27-,28-,29-,30-,31-,32-,33-,34-,35-,36-,37-,39-,40-,41-,42-,43-,44-,45-/m1/s1. The van der Waals surface area contributed by atoms with Gasteiger partial charge in [-0.1, -0.05) is 5.21 Å². The lowest BCUT2D eigenvalue weighted by atomic mass is 9.95. The van der Waals surface area contributed by atoms with Gasteiger partial charge in [0, 0.05) is 0 Å². The molecule has 14 bridgehead atoms. The van der Waals surface area contributed by atoms with Crippen molar-refractivity contribution in [1.29, 1.82) is 0 Å². The van der Waals surface area contributed by atoms with E-state index in [0.717, 1.165) is 10.9 Å². The van der Waals surface area contributed by atoms with E-state index in [4.69, 9.17) is 71.5 Å². The molecule has 22 N–H and O–H groups in total. The summed E-state index contributed by atoms with van der Waals surface area (Å²) in [5.41, 5.74) is 0.863. The van der Waals surface area contributed by atoms with Gasteiger partial charge in [-0.3, -0.25) is 10.0 Å². The summed E-state index contributed by atoms with van der Waals surface area (Å²) < 4.78 is 81.6. The first-order chi connectivity index (χ1) is 40.5. The first kappa shape index (κ1) is 66.6. The van der Waals surface area contributed by atoms with Gasteiger partial charge in [0.05, 0.1) is 52.4 Å². The molecule has 35 atom stereocenters. The average Bonchev–Trinajstić information content (AvgIpc) is 3.67. The Morgan fingerprint density at radius 3 is 0.741 bits per heavy atom. The Labute approximate surface area is 477 Å². The van der Waals surface area contributed by atoms with Gasteiger partial charge in [0.2, 0.25) is 0 Å². The second kappa shape index (κ2) is 28.2. The molecule has 21 aliphatic heterocycles. The average molecular weight is 1250 g/mol. The molecule has 0 unspecified atom stereocenters. The van der Waals surface area contributed by atoms with Crippen LogP contribution in [0.5, 0.6) is 0 Å². The summed E-state index contributed by atoms with van der Waals surface area (Å²) in [7, 11) is 0. The molecule has 0 aromatic carbocycles. The van der Waals surface area contributed by atoms with E-state index in [1.807, 2.05) is 0 Å². The summed E-state index contributed by atoms with van der Waals surface area (Å²) in [5, 5.41) is 239. The quantitative estimate of drug-likeness (QED) is 0.0806. The highest BCUT2D eigenvalue weighted by Gasteiger charge is 2.59. The van der Waals surface area contributed by atoms with Crippen molar-refractivity contribution in [1.82, 2.24) is 20.5 Å². The zero-order chi connectivity index (χ0) is 61.6. The van der Waals surface area contributed by atoms with E-state index in [-0.39, 0.29) is 0 Å². The largest absolute Gasteiger partial charge is 0.394 e. The Morgan fingerprint density at radius 1 is 0.341 bits per heavy atom. The summed E-state index contributed by atoms with van der Waals surface area (Å²) in [6, 6.07) is 0. The van der Waals surface area contributed by atoms with Crippen LogP contribution in [0.15, 0.2) is 6.20 Å². The summed E-state index contributed by atoms with van der Waals surface area (Å²) in [4.78, 5) is 12.2. The van der Waals surface area contributed by atoms with E-state index < -0.39 is 273 Å². The molecule has 1 aromatic heterocycles. The lowest BCUT2D eigenvalue weighted by Gasteiger charge is -2.50. The van der Waals surface area contributed by atoms with Crippen LogP contribution in [0.1, 0.15) is 10.5 Å². The summed E-state index contributed by atoms with van der Waals surface area (Å²) in [5.74, 6) is -1.14. The van der Waals surface area contributed by atoms with E-state index in [1.54, 1.807) is 0 Å². The first-order valence-electron chi connectivity index (χ1n) is 26.7. The zero-order valence-electron chi connectivity index (χ0n) is 44.1. The van der Waals surface area contributed by atoms with Crippen LogP contribution in [0.25, 0.3) is 0 Å². The second-order valence-corrected chi connectivity index (χ2v) is 21.2. The number of carbonyl (C=O) groups is 1. The van der Waals surface area contributed by atoms with Gasteiger partial charge in [-0.25, -0.2) is 10.2 Å². The molecule has 40 nitrogen and oxygen atoms in total. The zero-order valence-corrected chi connectivity index (χ0v) is 44.1. The third kappa shape index (κ3) is 13.2. The van der Waals surface area contributed by atoms with E-state index in [2.05, 4.69) is 10.3 Å². The van der Waals surface area contributed by atoms with Gasteiger partial charge in [-0.2, -0.15) is 0 Å². The molecule has 85 heavy (non-hydrogen) atoms. The third-order valence-electron chi connectivity index (χ3n) is 15.8. The number of aliphatic hydroxyl groups is 20. The fourth-order valence-corrected chi connectivity index (χ4v) is 11.1. The molecule has 0 radical (unpaired) electrons. The predicted molar refractivity (Wildman–Crippen MR) is 251 cm³/mol. The van der Waals surface area contributed by atoms with Gasteiger partial charge in [-0.15, -0.1) is 5.10 Å². The van der Waals surface area contributed by atoms with Crippen molar-refractivity contribution in [3.05, 3.63) is 11.9 Å². The third-order valence-corrected chi connectivity index (χ3v) is 15.8. The van der Waals surface area contributed by atoms with Crippen molar-refractivity contribution in [2.24, 2.45) is 0 Å². The molecular formula is C45H72N4O36. The number of hydrogen-bond acceptors (Lipinski definition) is 38. The summed E-state index contributed by atoms with van der Waals surface area (Å²) >= 11 is 0. The topological polar surface area (TPSA) is 614 Å². The lowest BCUT2D eigenvalue weighted by molar-refractivity contribution is -0.396. The van der Waals surface area contributed by atoms with Crippen LogP contribution in [0.3, 0.4) is 0 Å². The van der Waals surface area contributed by atoms with Crippen LogP contribution in [-0.4, -0.2) is 383 Å². The molecule has 0 spiro atoms. The highest BCUT2D eigenvalue weighted by Crippen LogP contribution is 2.39. The molecule has 22 heterocycles. The van der Waals surface area contributed by atoms with Gasteiger partial charge in [0.25, 0.3) is 5.91 Å². The Hall–Kier alpha value is -2.79. The number of nitrogens with zero attached hydrogens (tertiary/aromatic N) is 3. The molecule has 1 amide bonds. The highest BCUT2D eigenvalue weighted by atomic mass is 16.8. The minimum Gasteiger partial charge on any atom is -0.394 e. The number of ether oxygens (including phenoxy) is 14. The van der Waals surface area contributed by atoms with Crippen molar-refractivity contribution < 1.29 is 178 Å². The van der Waals surface area contributed by atoms with Crippen LogP contribution in [0.2, 0.25) is 0 Å². The number of hydrogen-bond donors (Lipinski definition) is 22. The van der Waals surface area contributed by atoms with E-state index in [1.165, 1.54) is 5.48 Å². The van der Waals surface area contributed by atoms with Gasteiger partial charge in [0.15, 0.2) is 49.7 Å². The Balaban J connectivity index is 1.02. The summed E-state index contributed by atoms with van der Waals surface area (Å²) in [6.07, 6.45) is -70.8.